The van der Waals surface area contributed by atoms with Crippen molar-refractivity contribution >= 4 is 5.97 Å². The van der Waals surface area contributed by atoms with Gasteiger partial charge in [0.1, 0.15) is 0 Å². The van der Waals surface area contributed by atoms with E-state index in [2.05, 4.69) is 48.1 Å². The summed E-state index contributed by atoms with van der Waals surface area (Å²) in [5, 5.41) is 32.4. The van der Waals surface area contributed by atoms with Crippen molar-refractivity contribution in [2.75, 3.05) is 6.61 Å². The first kappa shape index (κ1) is 24.8. The summed E-state index contributed by atoms with van der Waals surface area (Å²) >= 11 is 0. The second-order valence-electron chi connectivity index (χ2n) is 14.6. The molecule has 34 heavy (non-hydrogen) atoms. The fourth-order valence-electron chi connectivity index (χ4n) is 11.9. The minimum absolute atomic E-state index is 0.0484. The van der Waals surface area contributed by atoms with Crippen LogP contribution in [-0.2, 0) is 4.79 Å². The number of carbonyl (C=O) groups is 1. The molecule has 0 aromatic heterocycles. The summed E-state index contributed by atoms with van der Waals surface area (Å²) in [5.74, 6) is 1.07. The van der Waals surface area contributed by atoms with Crippen molar-refractivity contribution in [1.29, 1.82) is 0 Å². The van der Waals surface area contributed by atoms with Crippen LogP contribution in [0.4, 0.5) is 0 Å². The number of aliphatic carboxylic acids is 1. The number of rotatable bonds is 3. The van der Waals surface area contributed by atoms with Gasteiger partial charge in [0.05, 0.1) is 11.5 Å². The first-order chi connectivity index (χ1) is 15.7. The topological polar surface area (TPSA) is 77.8 Å². The van der Waals surface area contributed by atoms with Crippen molar-refractivity contribution < 1.29 is 20.1 Å². The van der Waals surface area contributed by atoms with Gasteiger partial charge in [0.25, 0.3) is 0 Å². The molecule has 0 aromatic carbocycles. The quantitative estimate of drug-likeness (QED) is 0.446. The van der Waals surface area contributed by atoms with Gasteiger partial charge in [-0.2, -0.15) is 0 Å². The van der Waals surface area contributed by atoms with Crippen LogP contribution in [0.1, 0.15) is 92.9 Å². The predicted molar refractivity (Wildman–Crippen MR) is 134 cm³/mol. The summed E-state index contributed by atoms with van der Waals surface area (Å²) in [5.41, 5.74) is 0.454. The Bertz CT molecular complexity index is 894. The van der Waals surface area contributed by atoms with Crippen LogP contribution in [0.3, 0.4) is 0 Å². The van der Waals surface area contributed by atoms with Crippen LogP contribution in [0.5, 0.6) is 0 Å². The molecule has 0 heterocycles. The minimum atomic E-state index is -0.586. The highest BCUT2D eigenvalue weighted by atomic mass is 16.4. The first-order valence-corrected chi connectivity index (χ1v) is 13.9. The highest BCUT2D eigenvalue weighted by molar-refractivity contribution is 5.76. The average molecular weight is 473 g/mol. The van der Waals surface area contributed by atoms with Gasteiger partial charge in [0.2, 0.25) is 0 Å². The van der Waals surface area contributed by atoms with Crippen molar-refractivity contribution in [3.8, 4) is 0 Å². The van der Waals surface area contributed by atoms with E-state index in [0.29, 0.717) is 23.7 Å². The van der Waals surface area contributed by atoms with Gasteiger partial charge in [-0.15, -0.1) is 0 Å². The standard InChI is InChI=1S/C30H48O4/c1-17(2)18-10-13-30(25(33)34)15-14-27(5)19(23(18)30)8-9-22-28(27,6)12-11-21-26(3,4)24(32)20(16-31)29(21,22)7/h18-24,31-32H,1,8-16H2,2-7H3,(H,33,34)/t18-,19+,20?,21-,22-,23+,24+,27+,28+,29-,30-/m0/s1. The highest BCUT2D eigenvalue weighted by Crippen LogP contribution is 2.79. The Balaban J connectivity index is 1.60. The lowest BCUT2D eigenvalue weighted by atomic mass is 9.34. The predicted octanol–water partition coefficient (Wildman–Crippen LogP) is 5.92. The molecule has 5 rings (SSSR count). The third kappa shape index (κ3) is 2.61. The Labute approximate surface area is 206 Å². The molecule has 5 saturated carbocycles. The van der Waals surface area contributed by atoms with Crippen molar-refractivity contribution in [1.82, 2.24) is 0 Å². The molecule has 4 nitrogen and oxygen atoms in total. The van der Waals surface area contributed by atoms with Gasteiger partial charge in [-0.1, -0.05) is 46.8 Å². The van der Waals surface area contributed by atoms with Crippen molar-refractivity contribution in [3.05, 3.63) is 12.2 Å². The summed E-state index contributed by atoms with van der Waals surface area (Å²) in [6, 6.07) is 0. The molecule has 3 N–H and O–H groups in total. The highest BCUT2D eigenvalue weighted by Gasteiger charge is 2.74. The Hall–Kier alpha value is -0.870. The zero-order valence-corrected chi connectivity index (χ0v) is 22.4. The second kappa shape index (κ2) is 7.34. The number of aliphatic hydroxyl groups is 2. The van der Waals surface area contributed by atoms with E-state index in [4.69, 9.17) is 0 Å². The zero-order chi connectivity index (χ0) is 25.1. The van der Waals surface area contributed by atoms with E-state index >= 15 is 0 Å². The largest absolute Gasteiger partial charge is 0.481 e. The molecular weight excluding hydrogens is 424 g/mol. The fraction of sp³-hybridized carbons (Fsp3) is 0.900. The van der Waals surface area contributed by atoms with Crippen LogP contribution in [0.2, 0.25) is 0 Å². The SMILES string of the molecule is C=C(C)[C@@H]1CC[C@]2(C(=O)O)CC[C@]3(C)[C@H](CC[C@@H]4[C@@]5(C)C(CO)[C@@H](O)C(C)(C)[C@@H]5CC[C@]43C)[C@@H]12. The maximum atomic E-state index is 12.8. The number of hydrogen-bond acceptors (Lipinski definition) is 3. The van der Waals surface area contributed by atoms with Crippen molar-refractivity contribution in [2.45, 2.75) is 99.0 Å². The molecule has 192 valence electrons. The molecule has 0 aromatic rings. The molecule has 5 aliphatic carbocycles. The smallest absolute Gasteiger partial charge is 0.309 e. The second-order valence-corrected chi connectivity index (χ2v) is 14.6. The summed E-state index contributed by atoms with van der Waals surface area (Å²) in [4.78, 5) is 12.8. The van der Waals surface area contributed by atoms with E-state index in [-0.39, 0.29) is 40.1 Å². The molecule has 0 spiro atoms. The molecule has 0 radical (unpaired) electrons. The Morgan fingerprint density at radius 2 is 1.59 bits per heavy atom. The molecule has 0 amide bonds. The summed E-state index contributed by atoms with van der Waals surface area (Å²) in [6.45, 7) is 18.3. The van der Waals surface area contributed by atoms with Crippen LogP contribution in [0.15, 0.2) is 12.2 Å². The van der Waals surface area contributed by atoms with Gasteiger partial charge in [-0.3, -0.25) is 4.79 Å². The molecule has 0 bridgehead atoms. The molecule has 5 fully saturated rings. The minimum Gasteiger partial charge on any atom is -0.481 e. The van der Waals surface area contributed by atoms with Crippen LogP contribution >= 0.6 is 0 Å². The number of aliphatic hydroxyl groups excluding tert-OH is 2. The third-order valence-electron chi connectivity index (χ3n) is 13.7. The number of hydrogen-bond donors (Lipinski definition) is 3. The average Bonchev–Trinajstić information content (AvgIpc) is 3.22. The van der Waals surface area contributed by atoms with Gasteiger partial charge in [0.15, 0.2) is 0 Å². The maximum Gasteiger partial charge on any atom is 0.309 e. The molecular formula is C30H48O4. The van der Waals surface area contributed by atoms with Crippen LogP contribution in [0.25, 0.3) is 0 Å². The molecule has 4 heteroatoms. The van der Waals surface area contributed by atoms with Gasteiger partial charge < -0.3 is 15.3 Å². The van der Waals surface area contributed by atoms with Gasteiger partial charge >= 0.3 is 5.97 Å². The number of allylic oxidation sites excluding steroid dienone is 1. The van der Waals surface area contributed by atoms with E-state index in [1.807, 2.05) is 0 Å². The van der Waals surface area contributed by atoms with Crippen LogP contribution in [-0.4, -0.2) is 34.0 Å². The maximum absolute atomic E-state index is 12.8. The number of fused-ring (bicyclic) bond motifs is 7. The summed E-state index contributed by atoms with van der Waals surface area (Å²) in [6.07, 6.45) is 7.42. The molecule has 0 aliphatic heterocycles. The van der Waals surface area contributed by atoms with Crippen LogP contribution < -0.4 is 0 Å². The monoisotopic (exact) mass is 472 g/mol. The van der Waals surface area contributed by atoms with Crippen molar-refractivity contribution in [3.63, 3.8) is 0 Å². The lowest BCUT2D eigenvalue weighted by Gasteiger charge is -2.70. The Kier molecular flexibility index (Phi) is 5.36. The molecule has 1 unspecified atom stereocenters. The van der Waals surface area contributed by atoms with E-state index in [9.17, 15) is 20.1 Å². The summed E-state index contributed by atoms with van der Waals surface area (Å²) in [7, 11) is 0. The number of carboxylic acid groups (broad SMARTS) is 1. The number of carboxylic acids is 1. The van der Waals surface area contributed by atoms with Gasteiger partial charge in [0, 0.05) is 12.5 Å². The zero-order valence-electron chi connectivity index (χ0n) is 22.4. The fourth-order valence-corrected chi connectivity index (χ4v) is 11.9. The normalized spacial score (nSPS) is 55.6. The first-order valence-electron chi connectivity index (χ1n) is 13.9. The van der Waals surface area contributed by atoms with Gasteiger partial charge in [-0.25, -0.2) is 0 Å². The van der Waals surface area contributed by atoms with E-state index < -0.39 is 17.5 Å². The Morgan fingerprint density at radius 3 is 2.18 bits per heavy atom. The van der Waals surface area contributed by atoms with E-state index in [1.54, 1.807) is 0 Å². The lowest BCUT2D eigenvalue weighted by molar-refractivity contribution is -0.228. The lowest BCUT2D eigenvalue weighted by Crippen LogP contribution is -2.65. The van der Waals surface area contributed by atoms with Gasteiger partial charge in [-0.05, 0) is 110 Å². The van der Waals surface area contributed by atoms with E-state index in [1.165, 1.54) is 5.57 Å². The molecule has 5 aliphatic rings. The third-order valence-corrected chi connectivity index (χ3v) is 13.7. The molecule has 0 saturated heterocycles. The summed E-state index contributed by atoms with van der Waals surface area (Å²) < 4.78 is 0. The Morgan fingerprint density at radius 1 is 0.912 bits per heavy atom. The van der Waals surface area contributed by atoms with E-state index in [0.717, 1.165) is 51.4 Å². The van der Waals surface area contributed by atoms with Crippen molar-refractivity contribution in [2.24, 2.45) is 62.6 Å². The molecule has 11 atom stereocenters. The van der Waals surface area contributed by atoms with Crippen LogP contribution in [0, 0.1) is 62.6 Å².